The number of rotatable bonds is 24. The van der Waals surface area contributed by atoms with Gasteiger partial charge in [0, 0.05) is 50.0 Å². The van der Waals surface area contributed by atoms with Crippen LogP contribution in [0, 0.1) is 0 Å². The lowest BCUT2D eigenvalue weighted by Gasteiger charge is -2.32. The van der Waals surface area contributed by atoms with E-state index >= 15 is 0 Å². The average molecular weight is 875 g/mol. The molecule has 0 spiro atoms. The minimum Gasteiger partial charge on any atom is -0.391 e. The van der Waals surface area contributed by atoms with Crippen molar-refractivity contribution in [2.45, 2.75) is 114 Å². The van der Waals surface area contributed by atoms with Crippen LogP contribution >= 0.6 is 0 Å². The van der Waals surface area contributed by atoms with Gasteiger partial charge in [-0.1, -0.05) is 48.5 Å². The van der Waals surface area contributed by atoms with Crippen molar-refractivity contribution in [2.24, 2.45) is 27.9 Å². The Kier molecular flexibility index (Phi) is 18.9. The van der Waals surface area contributed by atoms with Crippen molar-refractivity contribution in [2.75, 3.05) is 19.6 Å². The van der Waals surface area contributed by atoms with Gasteiger partial charge in [0.2, 0.25) is 41.4 Å². The number of amides is 7. The molecule has 1 aromatic heterocycles. The quantitative estimate of drug-likeness (QED) is 0.0278. The maximum atomic E-state index is 14.2. The largest absolute Gasteiger partial charge is 0.391 e. The number of guanidine groups is 1. The molecule has 0 bridgehead atoms. The monoisotopic (exact) mass is 874 g/mol. The lowest BCUT2D eigenvalue weighted by molar-refractivity contribution is -0.144. The molecule has 63 heavy (non-hydrogen) atoms. The lowest BCUT2D eigenvalue weighted by Crippen LogP contribution is -2.61. The van der Waals surface area contributed by atoms with Crippen LogP contribution in [0.15, 0.2) is 65.8 Å². The second-order valence-corrected chi connectivity index (χ2v) is 15.7. The van der Waals surface area contributed by atoms with E-state index in [-0.39, 0.29) is 51.2 Å². The number of aliphatic hydroxyl groups is 1. The summed E-state index contributed by atoms with van der Waals surface area (Å²) in [5.41, 5.74) is 24.6. The van der Waals surface area contributed by atoms with Crippen LogP contribution < -0.4 is 49.5 Å². The summed E-state index contributed by atoms with van der Waals surface area (Å²) < 4.78 is 0. The van der Waals surface area contributed by atoms with E-state index in [1.54, 1.807) is 36.5 Å². The van der Waals surface area contributed by atoms with Crippen molar-refractivity contribution in [3.8, 4) is 0 Å². The topological polar surface area (TPSA) is 335 Å². The number of para-hydroxylation sites is 1. The number of primary amides is 1. The van der Waals surface area contributed by atoms with Crippen LogP contribution in [0.3, 0.4) is 0 Å². The number of likely N-dealkylation sites (tertiary alicyclic amines) is 1. The number of carbonyl (C=O) groups excluding carboxylic acids is 7. The number of aromatic amines is 1. The van der Waals surface area contributed by atoms with Crippen LogP contribution in [0.4, 0.5) is 0 Å². The fraction of sp³-hybridized carbons (Fsp3) is 0.488. The predicted molar refractivity (Wildman–Crippen MR) is 236 cm³/mol. The number of aliphatic hydroxyl groups excluding tert-OH is 1. The van der Waals surface area contributed by atoms with Crippen molar-refractivity contribution in [1.29, 1.82) is 0 Å². The Morgan fingerprint density at radius 3 is 2.10 bits per heavy atom. The number of nitrogens with two attached hydrogens (primary N) is 4. The number of carbonyl (C=O) groups is 7. The fourth-order valence-corrected chi connectivity index (χ4v) is 7.52. The van der Waals surface area contributed by atoms with E-state index in [2.05, 4.69) is 36.6 Å². The first-order chi connectivity index (χ1) is 30.1. The zero-order valence-corrected chi connectivity index (χ0v) is 35.8. The average Bonchev–Trinajstić information content (AvgIpc) is 3.91. The highest BCUT2D eigenvalue weighted by Gasteiger charge is 2.41. The second kappa shape index (κ2) is 24.2. The van der Waals surface area contributed by atoms with Gasteiger partial charge >= 0.3 is 0 Å². The Balaban J connectivity index is 1.50. The van der Waals surface area contributed by atoms with Crippen molar-refractivity contribution in [3.63, 3.8) is 0 Å². The van der Waals surface area contributed by atoms with Crippen molar-refractivity contribution < 1.29 is 38.7 Å². The highest BCUT2D eigenvalue weighted by molar-refractivity contribution is 5.97. The first kappa shape index (κ1) is 49.1. The Labute approximate surface area is 366 Å². The molecule has 20 heteroatoms. The number of H-pyrrole nitrogens is 1. The Bertz CT molecular complexity index is 2070. The molecule has 7 amide bonds. The van der Waals surface area contributed by atoms with Crippen molar-refractivity contribution >= 4 is 58.2 Å². The Morgan fingerprint density at radius 1 is 0.794 bits per heavy atom. The highest BCUT2D eigenvalue weighted by Crippen LogP contribution is 2.22. The van der Waals surface area contributed by atoms with E-state index in [0.717, 1.165) is 16.5 Å². The number of hydrogen-bond acceptors (Lipinski definition) is 10. The van der Waals surface area contributed by atoms with E-state index < -0.39 is 83.7 Å². The minimum atomic E-state index is -1.53. The molecule has 20 nitrogen and oxygen atoms in total. The summed E-state index contributed by atoms with van der Waals surface area (Å²) in [5.74, 6) is -4.90. The zero-order chi connectivity index (χ0) is 46.1. The molecule has 2 aromatic carbocycles. The van der Waals surface area contributed by atoms with Gasteiger partial charge in [0.25, 0.3) is 0 Å². The third-order valence-electron chi connectivity index (χ3n) is 10.8. The number of aromatic nitrogens is 1. The van der Waals surface area contributed by atoms with E-state index in [0.29, 0.717) is 37.8 Å². The number of fused-ring (bicyclic) bond motifs is 1. The second-order valence-electron chi connectivity index (χ2n) is 15.7. The third-order valence-corrected chi connectivity index (χ3v) is 10.8. The molecule has 15 N–H and O–H groups in total. The number of benzene rings is 2. The third kappa shape index (κ3) is 14.8. The van der Waals surface area contributed by atoms with Crippen LogP contribution in [0.5, 0.6) is 0 Å². The lowest BCUT2D eigenvalue weighted by atomic mass is 10.0. The van der Waals surface area contributed by atoms with E-state index in [4.69, 9.17) is 22.9 Å². The smallest absolute Gasteiger partial charge is 0.248 e. The number of nitrogens with one attached hydrogen (secondary N) is 6. The predicted octanol–water partition coefficient (Wildman–Crippen LogP) is -1.56. The first-order valence-electron chi connectivity index (χ1n) is 21.2. The van der Waals surface area contributed by atoms with Crippen LogP contribution in [-0.2, 0) is 46.4 Å². The molecule has 0 saturated carbocycles. The summed E-state index contributed by atoms with van der Waals surface area (Å²) in [6.45, 7) is 3.18. The van der Waals surface area contributed by atoms with Crippen LogP contribution in [0.2, 0.25) is 0 Å². The molecule has 3 aromatic rings. The number of nitrogens with zero attached hydrogens (tertiary/aromatic N) is 2. The Hall–Kier alpha value is -6.54. The molecule has 0 radical (unpaired) electrons. The van der Waals surface area contributed by atoms with Gasteiger partial charge in [0.05, 0.1) is 6.10 Å². The summed E-state index contributed by atoms with van der Waals surface area (Å²) in [4.78, 5) is 103. The van der Waals surface area contributed by atoms with Gasteiger partial charge in [-0.3, -0.25) is 38.6 Å². The van der Waals surface area contributed by atoms with Crippen molar-refractivity contribution in [3.05, 3.63) is 71.9 Å². The standard InChI is InChI=1S/C43H62N12O8/c1-25(56)36(54-39(60)32(16-8-9-19-44)51-38(59)31(50-26(2)57)17-10-20-48-43(46)47)42(63)55-21-11-18-35(55)41(62)53-34(22-27-12-4-3-5-13-27)40(61)52-33(37(45)58)23-28-24-49-30-15-7-6-14-29(28)30/h3-7,12-15,24-25,31-36,49,56H,8-11,16-23,44H2,1-2H3,(H2,45,58)(H,50,57)(H,51,59)(H,52,61)(H,53,62)(H,54,60)(H4,46,47,48)/t25-,31+,32+,33+,34+,35+,36+/m1/s1. The molecule has 1 saturated heterocycles. The maximum absolute atomic E-state index is 14.2. The molecule has 0 unspecified atom stereocenters. The number of aliphatic imine (C=N–C) groups is 1. The molecule has 7 atom stereocenters. The van der Waals surface area contributed by atoms with Crippen molar-refractivity contribution in [1.82, 2.24) is 36.5 Å². The zero-order valence-electron chi connectivity index (χ0n) is 35.8. The normalized spacial score (nSPS) is 16.4. The van der Waals surface area contributed by atoms with E-state index in [9.17, 15) is 38.7 Å². The SMILES string of the molecule is CC(=O)N[C@@H](CCCN=C(N)N)C(=O)N[C@@H](CCCCN)C(=O)N[C@H](C(=O)N1CCC[C@H]1C(=O)N[C@@H](Cc1ccccc1)C(=O)N[C@@H](Cc1c[nH]c2ccccc12)C(N)=O)[C@@H](C)O. The molecule has 1 fully saturated rings. The molecular weight excluding hydrogens is 813 g/mol. The Morgan fingerprint density at radius 2 is 1.43 bits per heavy atom. The number of hydrogen-bond donors (Lipinski definition) is 11. The maximum Gasteiger partial charge on any atom is 0.248 e. The summed E-state index contributed by atoms with van der Waals surface area (Å²) in [5, 5.41) is 25.1. The van der Waals surface area contributed by atoms with E-state index in [1.807, 2.05) is 24.3 Å². The summed E-state index contributed by atoms with van der Waals surface area (Å²) in [7, 11) is 0. The van der Waals surface area contributed by atoms with Gasteiger partial charge in [-0.05, 0) is 75.6 Å². The molecule has 0 aliphatic carbocycles. The molecule has 4 rings (SSSR count). The van der Waals surface area contributed by atoms with Crippen LogP contribution in [-0.4, -0.2) is 124 Å². The van der Waals surface area contributed by atoms with Gasteiger partial charge in [-0.25, -0.2) is 0 Å². The summed E-state index contributed by atoms with van der Waals surface area (Å²) >= 11 is 0. The van der Waals surface area contributed by atoms with Gasteiger partial charge in [-0.15, -0.1) is 0 Å². The number of unbranched alkanes of at least 4 members (excludes halogenated alkanes) is 1. The van der Waals surface area contributed by atoms with Crippen LogP contribution in [0.1, 0.15) is 69.9 Å². The molecule has 2 heterocycles. The van der Waals surface area contributed by atoms with Gasteiger partial charge in [0.15, 0.2) is 5.96 Å². The van der Waals surface area contributed by atoms with Gasteiger partial charge in [-0.2, -0.15) is 0 Å². The molecular formula is C43H62N12O8. The van der Waals surface area contributed by atoms with E-state index in [1.165, 1.54) is 18.7 Å². The molecule has 342 valence electrons. The fourth-order valence-electron chi connectivity index (χ4n) is 7.52. The van der Waals surface area contributed by atoms with Gasteiger partial charge in [0.1, 0.15) is 36.3 Å². The molecule has 1 aliphatic heterocycles. The molecule has 1 aliphatic rings. The van der Waals surface area contributed by atoms with Crippen LogP contribution in [0.25, 0.3) is 10.9 Å². The minimum absolute atomic E-state index is 0.0420. The highest BCUT2D eigenvalue weighted by atomic mass is 16.3. The summed E-state index contributed by atoms with van der Waals surface area (Å²) in [6, 6.07) is 9.26. The first-order valence-corrected chi connectivity index (χ1v) is 21.2. The van der Waals surface area contributed by atoms with Gasteiger partial charge < -0.3 is 64.5 Å². The summed E-state index contributed by atoms with van der Waals surface area (Å²) in [6.07, 6.45) is 2.60.